The predicted octanol–water partition coefficient (Wildman–Crippen LogP) is 5.17. The van der Waals surface area contributed by atoms with Crippen LogP contribution in [0.4, 0.5) is 0 Å². The van der Waals surface area contributed by atoms with Crippen molar-refractivity contribution in [3.8, 4) is 11.5 Å². The van der Waals surface area contributed by atoms with E-state index in [2.05, 4.69) is 48.2 Å². The predicted molar refractivity (Wildman–Crippen MR) is 175 cm³/mol. The molecule has 7 nitrogen and oxygen atoms in total. The molecule has 0 spiro atoms. The molecular weight excluding hydrogens is 540 g/mol. The van der Waals surface area contributed by atoms with Gasteiger partial charge < -0.3 is 34.6 Å². The topological polar surface area (TPSA) is 85.6 Å². The van der Waals surface area contributed by atoms with Crippen LogP contribution >= 0.6 is 0 Å². The quantitative estimate of drug-likeness (QED) is 0.334. The molecule has 0 bridgehead atoms. The molecule has 0 radical (unpaired) electrons. The lowest BCUT2D eigenvalue weighted by Crippen LogP contribution is -2.46. The first-order valence-electron chi connectivity index (χ1n) is 15.3. The van der Waals surface area contributed by atoms with Gasteiger partial charge in [0.1, 0.15) is 11.5 Å². The van der Waals surface area contributed by atoms with Gasteiger partial charge in [0, 0.05) is 19.0 Å². The molecule has 5 rings (SSSR count). The van der Waals surface area contributed by atoms with E-state index in [0.29, 0.717) is 25.2 Å². The Hall–Kier alpha value is -2.94. The van der Waals surface area contributed by atoms with Crippen molar-refractivity contribution in [1.29, 1.82) is 0 Å². The summed E-state index contributed by atoms with van der Waals surface area (Å²) < 4.78 is 10.6. The number of methoxy groups -OCH3 is 2. The van der Waals surface area contributed by atoms with E-state index in [1.54, 1.807) is 14.2 Å². The highest BCUT2D eigenvalue weighted by molar-refractivity contribution is 5.84. The average Bonchev–Trinajstić information content (AvgIpc) is 2.98. The standard InChI is InChI=1S/C20H27NO3.C16H23NO2/c1-21(2)13-17-12-18(22)8-9-20(17,23)16-6-4-15-11-19(24-3)7-5-14(15)10-16;1-17(2)11-13-9-14(18)7-8-16(13)12-5-4-6-15(10-12)19-3/h4-7,10-11,17-18,22-23H,8-9,12-13H2,1-3H3;4-6,8,10,13-14,18H,7,9,11H2,1-3H3. The minimum atomic E-state index is -0.891. The average molecular weight is 591 g/mol. The number of ether oxygens (including phenoxy) is 2. The van der Waals surface area contributed by atoms with Gasteiger partial charge in [0.05, 0.1) is 32.0 Å². The van der Waals surface area contributed by atoms with Crippen LogP contribution in [0.5, 0.6) is 11.5 Å². The lowest BCUT2D eigenvalue weighted by atomic mass is 9.70. The molecule has 2 aliphatic rings. The summed E-state index contributed by atoms with van der Waals surface area (Å²) in [5.74, 6) is 2.12. The molecule has 3 N–H and O–H groups in total. The monoisotopic (exact) mass is 590 g/mol. The molecular formula is C36H50N2O5. The third-order valence-corrected chi connectivity index (χ3v) is 8.82. The van der Waals surface area contributed by atoms with Crippen LogP contribution < -0.4 is 9.47 Å². The van der Waals surface area contributed by atoms with E-state index in [4.69, 9.17) is 9.47 Å². The highest BCUT2D eigenvalue weighted by atomic mass is 16.5. The zero-order chi connectivity index (χ0) is 31.1. The Morgan fingerprint density at radius 1 is 0.791 bits per heavy atom. The van der Waals surface area contributed by atoms with E-state index in [9.17, 15) is 15.3 Å². The summed E-state index contributed by atoms with van der Waals surface area (Å²) in [6.07, 6.45) is 5.10. The van der Waals surface area contributed by atoms with E-state index in [1.165, 1.54) is 11.1 Å². The summed E-state index contributed by atoms with van der Waals surface area (Å²) in [7, 11) is 11.5. The zero-order valence-corrected chi connectivity index (χ0v) is 26.7. The Morgan fingerprint density at radius 3 is 2.16 bits per heavy atom. The Balaban J connectivity index is 0.000000203. The lowest BCUT2D eigenvalue weighted by molar-refractivity contribution is -0.0920. The second kappa shape index (κ2) is 14.7. The number of hydrogen-bond acceptors (Lipinski definition) is 7. The van der Waals surface area contributed by atoms with E-state index >= 15 is 0 Å². The van der Waals surface area contributed by atoms with Crippen molar-refractivity contribution in [1.82, 2.24) is 9.80 Å². The normalized spacial score (nSPS) is 25.7. The second-order valence-corrected chi connectivity index (χ2v) is 12.7. The molecule has 0 aromatic heterocycles. The SMILES string of the molecule is COc1ccc2cc(C3(O)CCC(O)CC3CN(C)C)ccc2c1.COc1cccc(C2=CCC(O)CC2CN(C)C)c1. The van der Waals surface area contributed by atoms with Gasteiger partial charge in [-0.05, 0) is 124 Å². The van der Waals surface area contributed by atoms with Gasteiger partial charge in [-0.2, -0.15) is 0 Å². The Bertz CT molecular complexity index is 1370. The maximum atomic E-state index is 11.5. The van der Waals surface area contributed by atoms with Crippen molar-refractivity contribution in [3.63, 3.8) is 0 Å². The van der Waals surface area contributed by atoms with Gasteiger partial charge in [0.25, 0.3) is 0 Å². The van der Waals surface area contributed by atoms with Gasteiger partial charge in [-0.3, -0.25) is 0 Å². The molecule has 3 aromatic carbocycles. The minimum absolute atomic E-state index is 0.0203. The second-order valence-electron chi connectivity index (χ2n) is 12.7. The van der Waals surface area contributed by atoms with Crippen molar-refractivity contribution < 1.29 is 24.8 Å². The Labute approximate surface area is 257 Å². The number of hydrogen-bond donors (Lipinski definition) is 3. The summed E-state index contributed by atoms with van der Waals surface area (Å²) in [6.45, 7) is 1.72. The van der Waals surface area contributed by atoms with Crippen LogP contribution in [-0.2, 0) is 5.60 Å². The van der Waals surface area contributed by atoms with Crippen LogP contribution in [-0.4, -0.2) is 92.8 Å². The largest absolute Gasteiger partial charge is 0.497 e. The molecule has 0 amide bonds. The molecule has 1 fully saturated rings. The van der Waals surface area contributed by atoms with E-state index < -0.39 is 5.60 Å². The van der Waals surface area contributed by atoms with Crippen molar-refractivity contribution >= 4 is 16.3 Å². The van der Waals surface area contributed by atoms with Gasteiger partial charge in [-0.15, -0.1) is 0 Å². The maximum absolute atomic E-state index is 11.5. The molecule has 0 aliphatic heterocycles. The molecule has 1 saturated carbocycles. The van der Waals surface area contributed by atoms with Crippen LogP contribution in [0.2, 0.25) is 0 Å². The number of aliphatic hydroxyl groups excluding tert-OH is 2. The van der Waals surface area contributed by atoms with Gasteiger partial charge in [0.15, 0.2) is 0 Å². The molecule has 3 aromatic rings. The summed E-state index contributed by atoms with van der Waals surface area (Å²) in [4.78, 5) is 4.26. The fourth-order valence-corrected chi connectivity index (χ4v) is 6.65. The van der Waals surface area contributed by atoms with E-state index in [1.807, 2.05) is 56.6 Å². The van der Waals surface area contributed by atoms with Gasteiger partial charge in [-0.1, -0.05) is 36.4 Å². The smallest absolute Gasteiger partial charge is 0.119 e. The Kier molecular flexibility index (Phi) is 11.3. The van der Waals surface area contributed by atoms with Crippen molar-refractivity contribution in [2.24, 2.45) is 11.8 Å². The highest BCUT2D eigenvalue weighted by Gasteiger charge is 2.43. The summed E-state index contributed by atoms with van der Waals surface area (Å²) in [6, 6.07) is 20.3. The fourth-order valence-electron chi connectivity index (χ4n) is 6.65. The minimum Gasteiger partial charge on any atom is -0.497 e. The summed E-state index contributed by atoms with van der Waals surface area (Å²) >= 11 is 0. The summed E-state index contributed by atoms with van der Waals surface area (Å²) in [5, 5.41) is 33.6. The maximum Gasteiger partial charge on any atom is 0.119 e. The molecule has 7 heteroatoms. The fraction of sp³-hybridized carbons (Fsp3) is 0.500. The lowest BCUT2D eigenvalue weighted by Gasteiger charge is -2.43. The number of fused-ring (bicyclic) bond motifs is 1. The zero-order valence-electron chi connectivity index (χ0n) is 26.7. The molecule has 234 valence electrons. The van der Waals surface area contributed by atoms with Crippen LogP contribution in [0.25, 0.3) is 16.3 Å². The summed E-state index contributed by atoms with van der Waals surface area (Å²) in [5.41, 5.74) is 2.59. The first kappa shape index (κ1) is 33.0. The van der Waals surface area contributed by atoms with Gasteiger partial charge in [0.2, 0.25) is 0 Å². The number of aliphatic hydroxyl groups is 3. The molecule has 43 heavy (non-hydrogen) atoms. The Morgan fingerprint density at radius 2 is 1.47 bits per heavy atom. The third kappa shape index (κ3) is 8.37. The van der Waals surface area contributed by atoms with Crippen molar-refractivity contribution in [2.45, 2.75) is 49.9 Å². The van der Waals surface area contributed by atoms with Crippen LogP contribution in [0.15, 0.2) is 66.7 Å². The van der Waals surface area contributed by atoms with Crippen LogP contribution in [0, 0.1) is 11.8 Å². The van der Waals surface area contributed by atoms with E-state index in [0.717, 1.165) is 53.8 Å². The van der Waals surface area contributed by atoms with Crippen LogP contribution in [0.1, 0.15) is 43.2 Å². The molecule has 5 unspecified atom stereocenters. The third-order valence-electron chi connectivity index (χ3n) is 8.82. The molecule has 2 aliphatic carbocycles. The van der Waals surface area contributed by atoms with Crippen molar-refractivity contribution in [2.75, 3.05) is 55.5 Å². The first-order valence-corrected chi connectivity index (χ1v) is 15.3. The van der Waals surface area contributed by atoms with Crippen molar-refractivity contribution in [3.05, 3.63) is 77.9 Å². The highest BCUT2D eigenvalue weighted by Crippen LogP contribution is 2.43. The molecule has 5 atom stereocenters. The molecule has 0 heterocycles. The van der Waals surface area contributed by atoms with Gasteiger partial charge in [-0.25, -0.2) is 0 Å². The number of benzene rings is 3. The number of rotatable bonds is 8. The molecule has 0 saturated heterocycles. The van der Waals surface area contributed by atoms with E-state index in [-0.39, 0.29) is 18.1 Å². The number of nitrogens with zero attached hydrogens (tertiary/aromatic N) is 2. The van der Waals surface area contributed by atoms with Gasteiger partial charge >= 0.3 is 0 Å². The first-order chi connectivity index (χ1) is 20.5. The van der Waals surface area contributed by atoms with Crippen LogP contribution in [0.3, 0.4) is 0 Å².